The maximum atomic E-state index is 12.4. The molecule has 83 valence electrons. The number of Topliss-reactive ketones (excluding diaryl/α,β-unsaturated/α-hetero) is 1. The SMILES string of the molecule is O=C1c2ccccc2CCC1[Si]1CCCC1. The van der Waals surface area contributed by atoms with Gasteiger partial charge in [0.1, 0.15) is 0 Å². The van der Waals surface area contributed by atoms with Gasteiger partial charge in [-0.05, 0) is 18.4 Å². The van der Waals surface area contributed by atoms with Crippen LogP contribution in [0.3, 0.4) is 0 Å². The quantitative estimate of drug-likeness (QED) is 0.674. The molecular weight excluding hydrogens is 212 g/mol. The monoisotopic (exact) mass is 229 g/mol. The third-order valence-corrected chi connectivity index (χ3v) is 7.57. The predicted octanol–water partition coefficient (Wildman–Crippen LogP) is 3.47. The summed E-state index contributed by atoms with van der Waals surface area (Å²) in [5.74, 6) is 0.470. The minimum absolute atomic E-state index is 0.353. The fourth-order valence-electron chi connectivity index (χ4n) is 3.16. The van der Waals surface area contributed by atoms with Crippen LogP contribution in [-0.2, 0) is 6.42 Å². The van der Waals surface area contributed by atoms with E-state index in [4.69, 9.17) is 0 Å². The molecule has 0 saturated carbocycles. The molecule has 0 aromatic heterocycles. The molecule has 2 heteroatoms. The Kier molecular flexibility index (Phi) is 2.68. The average molecular weight is 229 g/mol. The molecule has 1 aliphatic heterocycles. The Bertz CT molecular complexity index is 407. The number of fused-ring (bicyclic) bond motifs is 1. The third-order valence-electron chi connectivity index (χ3n) is 4.04. The highest BCUT2D eigenvalue weighted by Gasteiger charge is 2.35. The van der Waals surface area contributed by atoms with Crippen molar-refractivity contribution >= 4 is 14.6 Å². The molecule has 1 nitrogen and oxygen atoms in total. The summed E-state index contributed by atoms with van der Waals surface area (Å²) in [6.07, 6.45) is 5.00. The molecule has 0 amide bonds. The van der Waals surface area contributed by atoms with Gasteiger partial charge in [0.05, 0.1) is 8.80 Å². The lowest BCUT2D eigenvalue weighted by atomic mass is 9.90. The molecule has 3 rings (SSSR count). The van der Waals surface area contributed by atoms with E-state index in [0.29, 0.717) is 11.3 Å². The van der Waals surface area contributed by atoms with Gasteiger partial charge in [-0.15, -0.1) is 0 Å². The summed E-state index contributed by atoms with van der Waals surface area (Å²) in [5.41, 5.74) is 2.75. The number of carbonyl (C=O) groups excluding carboxylic acids is 1. The molecule has 1 saturated heterocycles. The number of hydrogen-bond donors (Lipinski definition) is 0. The Morgan fingerprint density at radius 3 is 2.69 bits per heavy atom. The lowest BCUT2D eigenvalue weighted by Gasteiger charge is -2.26. The second kappa shape index (κ2) is 4.17. The molecule has 1 fully saturated rings. The zero-order valence-electron chi connectivity index (χ0n) is 9.54. The first kappa shape index (κ1) is 10.3. The van der Waals surface area contributed by atoms with Crippen molar-refractivity contribution in [2.75, 3.05) is 0 Å². The molecule has 16 heavy (non-hydrogen) atoms. The van der Waals surface area contributed by atoms with Crippen LogP contribution in [0.1, 0.15) is 35.2 Å². The van der Waals surface area contributed by atoms with Crippen molar-refractivity contribution in [1.29, 1.82) is 0 Å². The van der Waals surface area contributed by atoms with Gasteiger partial charge in [-0.3, -0.25) is 4.79 Å². The largest absolute Gasteiger partial charge is 0.294 e. The van der Waals surface area contributed by atoms with E-state index in [9.17, 15) is 4.79 Å². The van der Waals surface area contributed by atoms with Crippen LogP contribution >= 0.6 is 0 Å². The fourth-order valence-corrected chi connectivity index (χ4v) is 6.60. The molecule has 1 radical (unpaired) electrons. The first-order chi connectivity index (χ1) is 7.86. The van der Waals surface area contributed by atoms with Crippen LogP contribution in [0.2, 0.25) is 17.6 Å². The topological polar surface area (TPSA) is 17.1 Å². The molecule has 2 aliphatic rings. The zero-order chi connectivity index (χ0) is 11.0. The van der Waals surface area contributed by atoms with Gasteiger partial charge in [-0.25, -0.2) is 0 Å². The molecule has 1 heterocycles. The van der Waals surface area contributed by atoms with Crippen LogP contribution in [0.5, 0.6) is 0 Å². The van der Waals surface area contributed by atoms with Crippen LogP contribution in [0.25, 0.3) is 0 Å². The van der Waals surface area contributed by atoms with Crippen LogP contribution < -0.4 is 0 Å². The number of rotatable bonds is 1. The molecule has 0 bridgehead atoms. The van der Waals surface area contributed by atoms with Gasteiger partial charge < -0.3 is 0 Å². The number of ketones is 1. The summed E-state index contributed by atoms with van der Waals surface area (Å²) in [6, 6.07) is 11.0. The average Bonchev–Trinajstić information content (AvgIpc) is 2.83. The Balaban J connectivity index is 1.88. The first-order valence-corrected chi connectivity index (χ1v) is 8.32. The normalized spacial score (nSPS) is 25.8. The number of carbonyl (C=O) groups is 1. The van der Waals surface area contributed by atoms with Gasteiger partial charge in [-0.2, -0.15) is 0 Å². The minimum atomic E-state index is -0.353. The summed E-state index contributed by atoms with van der Waals surface area (Å²) >= 11 is 0. The van der Waals surface area contributed by atoms with Crippen molar-refractivity contribution in [3.63, 3.8) is 0 Å². The van der Waals surface area contributed by atoms with E-state index in [0.717, 1.165) is 18.4 Å². The summed E-state index contributed by atoms with van der Waals surface area (Å²) in [4.78, 5) is 12.4. The highest BCUT2D eigenvalue weighted by molar-refractivity contribution is 6.66. The van der Waals surface area contributed by atoms with Gasteiger partial charge in [0.25, 0.3) is 0 Å². The lowest BCUT2D eigenvalue weighted by molar-refractivity contribution is 0.0971. The van der Waals surface area contributed by atoms with Gasteiger partial charge in [-0.1, -0.05) is 49.2 Å². The Labute approximate surface area is 98.5 Å². The van der Waals surface area contributed by atoms with E-state index >= 15 is 0 Å². The summed E-state index contributed by atoms with van der Waals surface area (Å²) in [7, 11) is -0.353. The molecule has 1 aromatic rings. The van der Waals surface area contributed by atoms with Crippen molar-refractivity contribution in [2.45, 2.75) is 43.3 Å². The van der Waals surface area contributed by atoms with Crippen LogP contribution in [0.4, 0.5) is 0 Å². The third kappa shape index (κ3) is 1.65. The Hall–Kier alpha value is -0.893. The fraction of sp³-hybridized carbons (Fsp3) is 0.500. The van der Waals surface area contributed by atoms with Crippen LogP contribution in [-0.4, -0.2) is 14.6 Å². The van der Waals surface area contributed by atoms with E-state index in [1.165, 1.54) is 30.5 Å². The van der Waals surface area contributed by atoms with E-state index < -0.39 is 0 Å². The summed E-state index contributed by atoms with van der Waals surface area (Å²) in [6.45, 7) is 0. The number of benzene rings is 1. The van der Waals surface area contributed by atoms with Crippen molar-refractivity contribution in [1.82, 2.24) is 0 Å². The number of aryl methyl sites for hydroxylation is 1. The van der Waals surface area contributed by atoms with Gasteiger partial charge in [0.2, 0.25) is 0 Å². The smallest absolute Gasteiger partial charge is 0.163 e. The molecule has 0 spiro atoms. The molecule has 1 aliphatic carbocycles. The summed E-state index contributed by atoms with van der Waals surface area (Å²) in [5, 5.41) is 0. The number of hydrogen-bond acceptors (Lipinski definition) is 1. The molecule has 1 aromatic carbocycles. The van der Waals surface area contributed by atoms with Crippen molar-refractivity contribution in [2.24, 2.45) is 0 Å². The maximum absolute atomic E-state index is 12.4. The first-order valence-electron chi connectivity index (χ1n) is 6.33. The molecular formula is C14H17OSi. The van der Waals surface area contributed by atoms with Gasteiger partial charge in [0.15, 0.2) is 5.78 Å². The van der Waals surface area contributed by atoms with E-state index in [1.54, 1.807) is 0 Å². The maximum Gasteiger partial charge on any atom is 0.163 e. The van der Waals surface area contributed by atoms with Crippen molar-refractivity contribution in [3.8, 4) is 0 Å². The lowest BCUT2D eigenvalue weighted by Crippen LogP contribution is -2.29. The van der Waals surface area contributed by atoms with E-state index in [-0.39, 0.29) is 8.80 Å². The van der Waals surface area contributed by atoms with Gasteiger partial charge in [0, 0.05) is 11.1 Å². The van der Waals surface area contributed by atoms with Crippen LogP contribution in [0.15, 0.2) is 24.3 Å². The standard InChI is InChI=1S/C14H17OSi/c15-14-12-6-2-1-5-11(12)7-8-13(14)16-9-3-4-10-16/h1-2,5-6,13H,3-4,7-10H2. The zero-order valence-corrected chi connectivity index (χ0v) is 10.5. The van der Waals surface area contributed by atoms with Gasteiger partial charge >= 0.3 is 0 Å². The summed E-state index contributed by atoms with van der Waals surface area (Å²) < 4.78 is 0. The van der Waals surface area contributed by atoms with Crippen molar-refractivity contribution < 1.29 is 4.79 Å². The minimum Gasteiger partial charge on any atom is -0.294 e. The van der Waals surface area contributed by atoms with Crippen molar-refractivity contribution in [3.05, 3.63) is 35.4 Å². The Morgan fingerprint density at radius 1 is 1.12 bits per heavy atom. The molecule has 0 N–H and O–H groups in total. The predicted molar refractivity (Wildman–Crippen MR) is 67.4 cm³/mol. The van der Waals surface area contributed by atoms with E-state index in [1.807, 2.05) is 12.1 Å². The highest BCUT2D eigenvalue weighted by Crippen LogP contribution is 2.37. The molecule has 1 atom stereocenters. The second-order valence-electron chi connectivity index (χ2n) is 4.98. The van der Waals surface area contributed by atoms with Crippen LogP contribution in [0, 0.1) is 0 Å². The highest BCUT2D eigenvalue weighted by atomic mass is 28.3. The Morgan fingerprint density at radius 2 is 1.88 bits per heavy atom. The van der Waals surface area contributed by atoms with E-state index in [2.05, 4.69) is 12.1 Å². The second-order valence-corrected chi connectivity index (χ2v) is 7.99. The molecule has 1 unspecified atom stereocenters.